The number of carbonyl (C=O) groups excluding carboxylic acids is 1. The molecule has 0 aliphatic rings. The Morgan fingerprint density at radius 1 is 1.71 bits per heavy atom. The number of anilines is 1. The molecule has 0 radical (unpaired) electrons. The second-order valence-corrected chi connectivity index (χ2v) is 3.12. The Morgan fingerprint density at radius 3 is 2.82 bits per heavy atom. The molecule has 0 aliphatic heterocycles. The molecule has 1 aromatic heterocycles. The molecule has 0 spiro atoms. The second kappa shape index (κ2) is 5.21. The average molecular weight is 241 g/mol. The third-order valence-electron chi connectivity index (χ3n) is 2.12. The van der Waals surface area contributed by atoms with Gasteiger partial charge in [-0.2, -0.15) is 5.26 Å². The zero-order chi connectivity index (χ0) is 13.0. The van der Waals surface area contributed by atoms with Gasteiger partial charge in [-0.1, -0.05) is 0 Å². The van der Waals surface area contributed by atoms with Crippen LogP contribution in [0.3, 0.4) is 0 Å². The normalized spacial score (nSPS) is 10.1. The molecule has 0 saturated carbocycles. The quantitative estimate of drug-likeness (QED) is 0.803. The summed E-state index contributed by atoms with van der Waals surface area (Å²) in [6.07, 6.45) is -2.10. The number of hydrogen-bond acceptors (Lipinski definition) is 5. The summed E-state index contributed by atoms with van der Waals surface area (Å²) < 4.78 is 29.8. The molecule has 5 nitrogen and oxygen atoms in total. The van der Waals surface area contributed by atoms with Gasteiger partial charge < -0.3 is 10.5 Å². The first-order chi connectivity index (χ1) is 8.01. The Labute approximate surface area is 95.8 Å². The number of nitriles is 1. The summed E-state index contributed by atoms with van der Waals surface area (Å²) in [7, 11) is 1.16. The van der Waals surface area contributed by atoms with Crippen LogP contribution in [0.1, 0.15) is 23.1 Å². The van der Waals surface area contributed by atoms with Crippen molar-refractivity contribution in [2.45, 2.75) is 12.8 Å². The molecule has 0 atom stereocenters. The molecule has 1 heterocycles. The number of methoxy groups -OCH3 is 1. The lowest BCUT2D eigenvalue weighted by Crippen LogP contribution is -2.10. The van der Waals surface area contributed by atoms with Gasteiger partial charge in [0.2, 0.25) is 0 Å². The highest BCUT2D eigenvalue weighted by molar-refractivity contribution is 5.74. The van der Waals surface area contributed by atoms with Crippen molar-refractivity contribution in [3.8, 4) is 6.07 Å². The molecule has 0 saturated heterocycles. The fourth-order valence-electron chi connectivity index (χ4n) is 1.30. The van der Waals surface area contributed by atoms with Crippen molar-refractivity contribution in [2.75, 3.05) is 12.8 Å². The number of ether oxygens (including phenoxy) is 1. The number of halogens is 2. The molecule has 0 aliphatic carbocycles. The number of rotatable bonds is 3. The monoisotopic (exact) mass is 241 g/mol. The van der Waals surface area contributed by atoms with Crippen molar-refractivity contribution >= 4 is 11.8 Å². The number of nitrogen functional groups attached to an aromatic ring is 1. The van der Waals surface area contributed by atoms with Crippen molar-refractivity contribution in [3.63, 3.8) is 0 Å². The Kier molecular flexibility index (Phi) is 3.93. The van der Waals surface area contributed by atoms with E-state index in [4.69, 9.17) is 11.0 Å². The molecule has 0 amide bonds. The van der Waals surface area contributed by atoms with Crippen LogP contribution >= 0.6 is 0 Å². The highest BCUT2D eigenvalue weighted by Crippen LogP contribution is 2.29. The topological polar surface area (TPSA) is 89.0 Å². The van der Waals surface area contributed by atoms with E-state index >= 15 is 0 Å². The maximum atomic E-state index is 12.7. The van der Waals surface area contributed by atoms with Gasteiger partial charge in [-0.3, -0.25) is 4.79 Å². The molecule has 0 unspecified atom stereocenters. The van der Waals surface area contributed by atoms with Crippen molar-refractivity contribution in [2.24, 2.45) is 0 Å². The third-order valence-corrected chi connectivity index (χ3v) is 2.12. The van der Waals surface area contributed by atoms with Crippen LogP contribution in [0.25, 0.3) is 0 Å². The number of carbonyl (C=O) groups is 1. The highest BCUT2D eigenvalue weighted by Gasteiger charge is 2.22. The third kappa shape index (κ3) is 2.66. The Morgan fingerprint density at radius 2 is 2.35 bits per heavy atom. The van der Waals surface area contributed by atoms with Crippen LogP contribution < -0.4 is 5.73 Å². The van der Waals surface area contributed by atoms with Gasteiger partial charge >= 0.3 is 5.97 Å². The summed E-state index contributed by atoms with van der Waals surface area (Å²) in [5.41, 5.74) is 4.38. The standard InChI is InChI=1S/C10H9F2N3O2/c1-17-7(16)2-5-4-15-10(14)8(9(11)12)6(5)3-13/h4,9H,2H2,1H3,(H2,14,15). The predicted octanol–water partition coefficient (Wildman–Crippen LogP) is 1.19. The predicted molar refractivity (Wildman–Crippen MR) is 54.0 cm³/mol. The number of aromatic nitrogens is 1. The van der Waals surface area contributed by atoms with Gasteiger partial charge in [-0.05, 0) is 5.56 Å². The van der Waals surface area contributed by atoms with Crippen LogP contribution in [0.5, 0.6) is 0 Å². The minimum absolute atomic E-state index is 0.0730. The molecule has 0 bridgehead atoms. The van der Waals surface area contributed by atoms with Gasteiger partial charge in [0.05, 0.1) is 24.7 Å². The van der Waals surface area contributed by atoms with Gasteiger partial charge in [-0.15, -0.1) is 0 Å². The van der Waals surface area contributed by atoms with E-state index in [2.05, 4.69) is 9.72 Å². The molecule has 1 rings (SSSR count). The van der Waals surface area contributed by atoms with E-state index in [1.54, 1.807) is 6.07 Å². The lowest BCUT2D eigenvalue weighted by molar-refractivity contribution is -0.139. The van der Waals surface area contributed by atoms with Gasteiger partial charge in [0, 0.05) is 6.20 Å². The first-order valence-electron chi connectivity index (χ1n) is 4.53. The van der Waals surface area contributed by atoms with E-state index in [0.29, 0.717) is 0 Å². The minimum atomic E-state index is -2.92. The van der Waals surface area contributed by atoms with Crippen LogP contribution in [0.2, 0.25) is 0 Å². The molecule has 17 heavy (non-hydrogen) atoms. The van der Waals surface area contributed by atoms with E-state index in [9.17, 15) is 13.6 Å². The van der Waals surface area contributed by atoms with Crippen LogP contribution in [-0.2, 0) is 16.0 Å². The van der Waals surface area contributed by atoms with E-state index < -0.39 is 23.8 Å². The maximum absolute atomic E-state index is 12.7. The molecule has 7 heteroatoms. The van der Waals surface area contributed by atoms with Crippen LogP contribution in [0.4, 0.5) is 14.6 Å². The summed E-state index contributed by atoms with van der Waals surface area (Å²) in [6, 6.07) is 1.61. The van der Waals surface area contributed by atoms with Gasteiger partial charge in [-0.25, -0.2) is 13.8 Å². The SMILES string of the molecule is COC(=O)Cc1cnc(N)c(C(F)F)c1C#N. The van der Waals surface area contributed by atoms with Crippen LogP contribution in [-0.4, -0.2) is 18.1 Å². The smallest absolute Gasteiger partial charge is 0.310 e. The zero-order valence-corrected chi connectivity index (χ0v) is 8.91. The Balaban J connectivity index is 3.29. The zero-order valence-electron chi connectivity index (χ0n) is 8.91. The van der Waals surface area contributed by atoms with Gasteiger partial charge in [0.15, 0.2) is 0 Å². The first-order valence-corrected chi connectivity index (χ1v) is 4.53. The first kappa shape index (κ1) is 12.8. The van der Waals surface area contributed by atoms with Crippen molar-refractivity contribution in [1.82, 2.24) is 4.98 Å². The molecule has 90 valence electrons. The van der Waals surface area contributed by atoms with E-state index in [0.717, 1.165) is 13.3 Å². The van der Waals surface area contributed by atoms with E-state index in [1.165, 1.54) is 0 Å². The highest BCUT2D eigenvalue weighted by atomic mass is 19.3. The maximum Gasteiger partial charge on any atom is 0.310 e. The average Bonchev–Trinajstić information content (AvgIpc) is 2.30. The van der Waals surface area contributed by atoms with Crippen molar-refractivity contribution < 1.29 is 18.3 Å². The van der Waals surface area contributed by atoms with Crippen molar-refractivity contribution in [1.29, 1.82) is 5.26 Å². The molecule has 0 fully saturated rings. The number of hydrogen-bond donors (Lipinski definition) is 1. The van der Waals surface area contributed by atoms with Gasteiger partial charge in [0.25, 0.3) is 6.43 Å². The molecular weight excluding hydrogens is 232 g/mol. The summed E-state index contributed by atoms with van der Waals surface area (Å²) in [4.78, 5) is 14.6. The summed E-state index contributed by atoms with van der Waals surface area (Å²) in [5, 5.41) is 8.84. The second-order valence-electron chi connectivity index (χ2n) is 3.12. The fraction of sp³-hybridized carbons (Fsp3) is 0.300. The van der Waals surface area contributed by atoms with Crippen LogP contribution in [0, 0.1) is 11.3 Å². The molecule has 1 aromatic rings. The molecule has 0 aromatic carbocycles. The minimum Gasteiger partial charge on any atom is -0.469 e. The fourth-order valence-corrected chi connectivity index (χ4v) is 1.30. The molecular formula is C10H9F2N3O2. The number of nitrogens with two attached hydrogens (primary N) is 1. The lowest BCUT2D eigenvalue weighted by Gasteiger charge is -2.09. The van der Waals surface area contributed by atoms with E-state index in [-0.39, 0.29) is 17.5 Å². The number of esters is 1. The summed E-state index contributed by atoms with van der Waals surface area (Å²) >= 11 is 0. The number of alkyl halides is 2. The summed E-state index contributed by atoms with van der Waals surface area (Å²) in [5.74, 6) is -1.06. The largest absolute Gasteiger partial charge is 0.469 e. The van der Waals surface area contributed by atoms with Gasteiger partial charge in [0.1, 0.15) is 11.9 Å². The Hall–Kier alpha value is -2.23. The number of pyridine rings is 1. The summed E-state index contributed by atoms with van der Waals surface area (Å²) in [6.45, 7) is 0. The van der Waals surface area contributed by atoms with Crippen molar-refractivity contribution in [3.05, 3.63) is 22.9 Å². The molecule has 2 N–H and O–H groups in total. The van der Waals surface area contributed by atoms with Crippen LogP contribution in [0.15, 0.2) is 6.20 Å². The lowest BCUT2D eigenvalue weighted by atomic mass is 10.0. The van der Waals surface area contributed by atoms with E-state index in [1.807, 2.05) is 0 Å². The number of nitrogens with zero attached hydrogens (tertiary/aromatic N) is 2. The Bertz CT molecular complexity index is 483.